The van der Waals surface area contributed by atoms with Crippen molar-refractivity contribution in [2.75, 3.05) is 7.11 Å². The Hall–Kier alpha value is -1.17. The van der Waals surface area contributed by atoms with Crippen molar-refractivity contribution in [2.45, 2.75) is 19.9 Å². The van der Waals surface area contributed by atoms with E-state index in [0.29, 0.717) is 10.3 Å². The molecule has 0 aliphatic heterocycles. The molecule has 1 rings (SSSR count). The summed E-state index contributed by atoms with van der Waals surface area (Å²) in [5, 5.41) is 0. The second kappa shape index (κ2) is 5.06. The minimum absolute atomic E-state index is 0.162. The normalized spacial score (nSPS) is 10.1. The molecular formula is C9H11BrN2O3. The van der Waals surface area contributed by atoms with Crippen LogP contribution in [0.5, 0.6) is 0 Å². The molecule has 15 heavy (non-hydrogen) atoms. The Morgan fingerprint density at radius 2 is 2.33 bits per heavy atom. The number of rotatable bonds is 3. The summed E-state index contributed by atoms with van der Waals surface area (Å²) < 4.78 is 6.31. The quantitative estimate of drug-likeness (QED) is 0.768. The van der Waals surface area contributed by atoms with Gasteiger partial charge < -0.3 is 4.74 Å². The molecule has 0 atom stereocenters. The average molecular weight is 275 g/mol. The zero-order chi connectivity index (χ0) is 11.4. The predicted molar refractivity (Wildman–Crippen MR) is 57.6 cm³/mol. The van der Waals surface area contributed by atoms with Crippen molar-refractivity contribution in [3.63, 3.8) is 0 Å². The largest absolute Gasteiger partial charge is 0.469 e. The molecule has 6 heteroatoms. The van der Waals surface area contributed by atoms with Crippen LogP contribution in [0, 0.1) is 6.92 Å². The van der Waals surface area contributed by atoms with Crippen molar-refractivity contribution in [3.05, 3.63) is 26.8 Å². The number of aromatic nitrogens is 2. The summed E-state index contributed by atoms with van der Waals surface area (Å²) in [5.74, 6) is 0.230. The Kier molecular flexibility index (Phi) is 4.02. The third kappa shape index (κ3) is 2.89. The van der Waals surface area contributed by atoms with Gasteiger partial charge in [0.1, 0.15) is 10.3 Å². The average Bonchev–Trinajstić information content (AvgIpc) is 2.23. The lowest BCUT2D eigenvalue weighted by molar-refractivity contribution is -0.140. The molecule has 0 fully saturated rings. The number of methoxy groups -OCH3 is 1. The summed E-state index contributed by atoms with van der Waals surface area (Å²) >= 11 is 3.09. The Morgan fingerprint density at radius 3 is 2.93 bits per heavy atom. The zero-order valence-corrected chi connectivity index (χ0v) is 10.1. The van der Waals surface area contributed by atoms with Gasteiger partial charge in [0.25, 0.3) is 5.56 Å². The van der Waals surface area contributed by atoms with Crippen LogP contribution in [0.25, 0.3) is 0 Å². The minimum atomic E-state index is -0.346. The van der Waals surface area contributed by atoms with Crippen LogP contribution in [0.2, 0.25) is 0 Å². The highest BCUT2D eigenvalue weighted by molar-refractivity contribution is 9.10. The van der Waals surface area contributed by atoms with E-state index in [1.165, 1.54) is 17.9 Å². The van der Waals surface area contributed by atoms with E-state index in [0.717, 1.165) is 0 Å². The number of aryl methyl sites for hydroxylation is 1. The molecule has 0 amide bonds. The number of nitrogens with zero attached hydrogens (tertiary/aromatic N) is 2. The monoisotopic (exact) mass is 274 g/mol. The van der Waals surface area contributed by atoms with Gasteiger partial charge in [0.2, 0.25) is 0 Å². The predicted octanol–water partition coefficient (Wildman–Crippen LogP) is 0.877. The second-order valence-electron chi connectivity index (χ2n) is 2.94. The standard InChI is InChI=1S/C9H11BrN2O3/c1-6-11-5-7(10)9(14)12(6)4-3-8(13)15-2/h5H,3-4H2,1-2H3. The van der Waals surface area contributed by atoms with Gasteiger partial charge in [-0.05, 0) is 22.9 Å². The van der Waals surface area contributed by atoms with Crippen LogP contribution >= 0.6 is 15.9 Å². The Morgan fingerprint density at radius 1 is 1.67 bits per heavy atom. The fourth-order valence-electron chi connectivity index (χ4n) is 1.12. The van der Waals surface area contributed by atoms with Crippen LogP contribution in [0.1, 0.15) is 12.2 Å². The zero-order valence-electron chi connectivity index (χ0n) is 8.49. The maximum absolute atomic E-state index is 11.6. The van der Waals surface area contributed by atoms with Gasteiger partial charge in [0, 0.05) is 12.7 Å². The molecule has 0 aliphatic rings. The van der Waals surface area contributed by atoms with Gasteiger partial charge in [-0.15, -0.1) is 0 Å². The van der Waals surface area contributed by atoms with E-state index >= 15 is 0 Å². The van der Waals surface area contributed by atoms with E-state index in [1.807, 2.05) is 0 Å². The van der Waals surface area contributed by atoms with E-state index in [2.05, 4.69) is 25.7 Å². The summed E-state index contributed by atoms with van der Waals surface area (Å²) in [6.45, 7) is 1.99. The van der Waals surface area contributed by atoms with E-state index in [1.54, 1.807) is 6.92 Å². The molecule has 82 valence electrons. The molecule has 0 saturated carbocycles. The smallest absolute Gasteiger partial charge is 0.307 e. The highest BCUT2D eigenvalue weighted by atomic mass is 79.9. The number of halogens is 1. The fraction of sp³-hybridized carbons (Fsp3) is 0.444. The van der Waals surface area contributed by atoms with Crippen LogP contribution in [0.3, 0.4) is 0 Å². The SMILES string of the molecule is COC(=O)CCn1c(C)ncc(Br)c1=O. The molecule has 0 N–H and O–H groups in total. The Bertz CT molecular complexity index is 428. The van der Waals surface area contributed by atoms with Crippen LogP contribution in [0.4, 0.5) is 0 Å². The second-order valence-corrected chi connectivity index (χ2v) is 3.79. The highest BCUT2D eigenvalue weighted by Crippen LogP contribution is 2.02. The third-order valence-corrected chi connectivity index (χ3v) is 2.52. The number of hydrogen-bond donors (Lipinski definition) is 0. The molecule has 0 spiro atoms. The molecule has 0 aliphatic carbocycles. The van der Waals surface area contributed by atoms with Crippen LogP contribution in [-0.2, 0) is 16.1 Å². The maximum Gasteiger partial charge on any atom is 0.307 e. The Labute approximate surface area is 95.2 Å². The molecule has 0 unspecified atom stereocenters. The maximum atomic E-state index is 11.6. The summed E-state index contributed by atoms with van der Waals surface area (Å²) in [5.41, 5.74) is -0.189. The molecule has 0 saturated heterocycles. The first-order chi connectivity index (χ1) is 7.06. The topological polar surface area (TPSA) is 61.2 Å². The lowest BCUT2D eigenvalue weighted by atomic mass is 10.4. The number of esters is 1. The summed E-state index contributed by atoms with van der Waals surface area (Å²) in [7, 11) is 1.32. The van der Waals surface area contributed by atoms with Gasteiger partial charge in [-0.2, -0.15) is 0 Å². The fourth-order valence-corrected chi connectivity index (χ4v) is 1.44. The number of carbonyl (C=O) groups excluding carboxylic acids is 1. The third-order valence-electron chi connectivity index (χ3n) is 1.97. The Balaban J connectivity index is 2.90. The molecule has 0 bridgehead atoms. The highest BCUT2D eigenvalue weighted by Gasteiger charge is 2.07. The van der Waals surface area contributed by atoms with E-state index in [4.69, 9.17) is 0 Å². The summed E-state index contributed by atoms with van der Waals surface area (Å²) in [4.78, 5) is 26.5. The van der Waals surface area contributed by atoms with Gasteiger partial charge in [-0.25, -0.2) is 4.98 Å². The van der Waals surface area contributed by atoms with E-state index in [-0.39, 0.29) is 24.5 Å². The minimum Gasteiger partial charge on any atom is -0.469 e. The summed E-state index contributed by atoms with van der Waals surface area (Å²) in [6.07, 6.45) is 1.61. The molecule has 1 heterocycles. The molecule has 0 aromatic carbocycles. The van der Waals surface area contributed by atoms with Crippen molar-refractivity contribution in [1.82, 2.24) is 9.55 Å². The molecule has 1 aromatic rings. The van der Waals surface area contributed by atoms with Crippen molar-refractivity contribution >= 4 is 21.9 Å². The molecule has 1 aromatic heterocycles. The van der Waals surface area contributed by atoms with E-state index < -0.39 is 0 Å². The van der Waals surface area contributed by atoms with Gasteiger partial charge in [-0.1, -0.05) is 0 Å². The first kappa shape index (κ1) is 11.9. The van der Waals surface area contributed by atoms with Crippen LogP contribution < -0.4 is 5.56 Å². The van der Waals surface area contributed by atoms with Crippen molar-refractivity contribution in [3.8, 4) is 0 Å². The summed E-state index contributed by atoms with van der Waals surface area (Å²) in [6, 6.07) is 0. The van der Waals surface area contributed by atoms with Gasteiger partial charge in [-0.3, -0.25) is 14.2 Å². The number of ether oxygens (including phenoxy) is 1. The lowest BCUT2D eigenvalue weighted by Gasteiger charge is -2.07. The molecular weight excluding hydrogens is 264 g/mol. The lowest BCUT2D eigenvalue weighted by Crippen LogP contribution is -2.25. The first-order valence-electron chi connectivity index (χ1n) is 4.35. The van der Waals surface area contributed by atoms with Crippen molar-refractivity contribution in [1.29, 1.82) is 0 Å². The van der Waals surface area contributed by atoms with Crippen molar-refractivity contribution < 1.29 is 9.53 Å². The molecule has 5 nitrogen and oxygen atoms in total. The van der Waals surface area contributed by atoms with Crippen molar-refractivity contribution in [2.24, 2.45) is 0 Å². The molecule has 0 radical (unpaired) electrons. The van der Waals surface area contributed by atoms with E-state index in [9.17, 15) is 9.59 Å². The first-order valence-corrected chi connectivity index (χ1v) is 5.14. The number of hydrogen-bond acceptors (Lipinski definition) is 4. The van der Waals surface area contributed by atoms with Crippen LogP contribution in [0.15, 0.2) is 15.5 Å². The van der Waals surface area contributed by atoms with Crippen LogP contribution in [-0.4, -0.2) is 22.6 Å². The number of carbonyl (C=O) groups is 1. The van der Waals surface area contributed by atoms with Gasteiger partial charge in [0.15, 0.2) is 0 Å². The van der Waals surface area contributed by atoms with Gasteiger partial charge >= 0.3 is 5.97 Å². The van der Waals surface area contributed by atoms with Gasteiger partial charge in [0.05, 0.1) is 13.5 Å².